The van der Waals surface area contributed by atoms with E-state index in [0.29, 0.717) is 22.1 Å². The third-order valence-electron chi connectivity index (χ3n) is 4.35. The number of aliphatic hydroxyl groups excluding tert-OH is 1. The number of aliphatic hydroxyl groups is 1. The van der Waals surface area contributed by atoms with E-state index in [4.69, 9.17) is 0 Å². The second kappa shape index (κ2) is 9.31. The van der Waals surface area contributed by atoms with Gasteiger partial charge >= 0.3 is 0 Å². The molecule has 1 N–H and O–H groups in total. The van der Waals surface area contributed by atoms with Gasteiger partial charge in [-0.3, -0.25) is 4.21 Å². The van der Waals surface area contributed by atoms with Crippen LogP contribution < -0.4 is 0 Å². The zero-order valence-electron chi connectivity index (χ0n) is 14.6. The summed E-state index contributed by atoms with van der Waals surface area (Å²) in [5.74, 6) is 1.07. The molecule has 2 atom stereocenters. The highest BCUT2D eigenvalue weighted by atomic mass is 32.2. The van der Waals surface area contributed by atoms with Gasteiger partial charge in [0.1, 0.15) is 11.1 Å². The SMILES string of the molecule is N#Cc1cc2c(nc1SC[C@H](O)C[S@](=O)Cc1ccccc1)CCCC2. The lowest BCUT2D eigenvalue weighted by molar-refractivity contribution is 0.224. The molecule has 0 aliphatic heterocycles. The molecule has 0 radical (unpaired) electrons. The predicted octanol–water partition coefficient (Wildman–Crippen LogP) is 3.23. The van der Waals surface area contributed by atoms with Gasteiger partial charge in [-0.15, -0.1) is 11.8 Å². The topological polar surface area (TPSA) is 74.0 Å². The Morgan fingerprint density at radius 1 is 1.27 bits per heavy atom. The Hall–Kier alpha value is -1.68. The van der Waals surface area contributed by atoms with E-state index in [0.717, 1.165) is 36.9 Å². The first kappa shape index (κ1) is 19.1. The summed E-state index contributed by atoms with van der Waals surface area (Å²) in [5, 5.41) is 20.3. The van der Waals surface area contributed by atoms with Gasteiger partial charge in [0.25, 0.3) is 0 Å². The first-order valence-electron chi connectivity index (χ1n) is 8.78. The summed E-state index contributed by atoms with van der Waals surface area (Å²) in [7, 11) is -1.12. The maximum absolute atomic E-state index is 12.2. The largest absolute Gasteiger partial charge is 0.391 e. The van der Waals surface area contributed by atoms with Crippen molar-refractivity contribution in [3.8, 4) is 6.07 Å². The first-order chi connectivity index (χ1) is 12.7. The number of nitrogens with zero attached hydrogens (tertiary/aromatic N) is 2. The molecular formula is C20H22N2O2S2. The van der Waals surface area contributed by atoms with Crippen molar-refractivity contribution in [3.63, 3.8) is 0 Å². The van der Waals surface area contributed by atoms with E-state index in [-0.39, 0.29) is 5.75 Å². The van der Waals surface area contributed by atoms with Crippen molar-refractivity contribution in [2.75, 3.05) is 11.5 Å². The summed E-state index contributed by atoms with van der Waals surface area (Å²) < 4.78 is 12.2. The second-order valence-corrected chi connectivity index (χ2v) is 8.98. The Morgan fingerprint density at radius 2 is 2.04 bits per heavy atom. The number of aryl methyl sites for hydroxylation is 2. The molecule has 1 aromatic heterocycles. The number of benzene rings is 1. The normalized spacial score (nSPS) is 15.7. The number of fused-ring (bicyclic) bond motifs is 1. The van der Waals surface area contributed by atoms with E-state index in [2.05, 4.69) is 11.1 Å². The van der Waals surface area contributed by atoms with E-state index in [1.54, 1.807) is 0 Å². The number of rotatable bonds is 7. The molecule has 0 unspecified atom stereocenters. The van der Waals surface area contributed by atoms with Crippen LogP contribution in [0.1, 0.15) is 35.2 Å². The lowest BCUT2D eigenvalue weighted by Gasteiger charge is -2.17. The maximum Gasteiger partial charge on any atom is 0.114 e. The van der Waals surface area contributed by atoms with Crippen LogP contribution in [0.5, 0.6) is 0 Å². The predicted molar refractivity (Wildman–Crippen MR) is 105 cm³/mol. The van der Waals surface area contributed by atoms with Crippen LogP contribution in [0.2, 0.25) is 0 Å². The summed E-state index contributed by atoms with van der Waals surface area (Å²) in [6.45, 7) is 0. The van der Waals surface area contributed by atoms with E-state index in [9.17, 15) is 14.6 Å². The van der Waals surface area contributed by atoms with Crippen molar-refractivity contribution in [3.05, 3.63) is 58.8 Å². The molecule has 1 aromatic carbocycles. The first-order valence-corrected chi connectivity index (χ1v) is 11.3. The highest BCUT2D eigenvalue weighted by molar-refractivity contribution is 7.99. The molecule has 0 spiro atoms. The van der Waals surface area contributed by atoms with Gasteiger partial charge in [-0.05, 0) is 42.9 Å². The van der Waals surface area contributed by atoms with Crippen LogP contribution in [0.15, 0.2) is 41.4 Å². The summed E-state index contributed by atoms with van der Waals surface area (Å²) in [6, 6.07) is 13.8. The Kier molecular flexibility index (Phi) is 6.84. The highest BCUT2D eigenvalue weighted by Crippen LogP contribution is 2.27. The van der Waals surface area contributed by atoms with Crippen molar-refractivity contribution < 1.29 is 9.32 Å². The van der Waals surface area contributed by atoms with Crippen LogP contribution in [0, 0.1) is 11.3 Å². The molecule has 0 fully saturated rings. The van der Waals surface area contributed by atoms with Crippen LogP contribution in [0.25, 0.3) is 0 Å². The zero-order valence-corrected chi connectivity index (χ0v) is 16.2. The van der Waals surface area contributed by atoms with Crippen molar-refractivity contribution >= 4 is 22.6 Å². The molecule has 4 nitrogen and oxygen atoms in total. The monoisotopic (exact) mass is 386 g/mol. The molecule has 1 aliphatic rings. The average Bonchev–Trinajstić information content (AvgIpc) is 2.66. The van der Waals surface area contributed by atoms with E-state index in [1.807, 2.05) is 36.4 Å². The van der Waals surface area contributed by atoms with Crippen molar-refractivity contribution in [2.45, 2.75) is 42.6 Å². The summed E-state index contributed by atoms with van der Waals surface area (Å²) in [5.41, 5.74) is 3.85. The average molecular weight is 387 g/mol. The van der Waals surface area contributed by atoms with Crippen LogP contribution in [0.4, 0.5) is 0 Å². The lowest BCUT2D eigenvalue weighted by Crippen LogP contribution is -2.20. The zero-order chi connectivity index (χ0) is 18.4. The molecule has 0 bridgehead atoms. The number of hydrogen-bond donors (Lipinski definition) is 1. The standard InChI is InChI=1S/C20H22N2O2S2/c21-11-17-10-16-8-4-5-9-19(16)22-20(17)25-12-18(23)14-26(24)13-15-6-2-1-3-7-15/h1-3,6-7,10,18,23H,4-5,8-9,12-14H2/t18-,26+/m0/s1. The van der Waals surface area contributed by atoms with Gasteiger partial charge in [0.2, 0.25) is 0 Å². The number of hydrogen-bond acceptors (Lipinski definition) is 5. The number of aromatic nitrogens is 1. The van der Waals surface area contributed by atoms with Gasteiger partial charge in [-0.2, -0.15) is 5.26 Å². The van der Waals surface area contributed by atoms with Crippen LogP contribution in [-0.4, -0.2) is 31.9 Å². The van der Waals surface area contributed by atoms with Crippen LogP contribution >= 0.6 is 11.8 Å². The fraction of sp³-hybridized carbons (Fsp3) is 0.400. The molecule has 1 aliphatic carbocycles. The van der Waals surface area contributed by atoms with Crippen molar-refractivity contribution in [2.24, 2.45) is 0 Å². The molecule has 136 valence electrons. The Bertz CT molecular complexity index is 819. The third kappa shape index (κ3) is 5.16. The summed E-state index contributed by atoms with van der Waals surface area (Å²) in [4.78, 5) is 4.66. The minimum Gasteiger partial charge on any atom is -0.391 e. The highest BCUT2D eigenvalue weighted by Gasteiger charge is 2.17. The number of pyridine rings is 1. The molecule has 1 heterocycles. The number of thioether (sulfide) groups is 1. The van der Waals surface area contributed by atoms with Gasteiger partial charge in [0.15, 0.2) is 0 Å². The second-order valence-electron chi connectivity index (χ2n) is 6.47. The van der Waals surface area contributed by atoms with E-state index >= 15 is 0 Å². The molecule has 6 heteroatoms. The Labute approximate surface area is 161 Å². The number of nitriles is 1. The van der Waals surface area contributed by atoms with Crippen LogP contribution in [0.3, 0.4) is 0 Å². The Balaban J connectivity index is 1.56. The van der Waals surface area contributed by atoms with Crippen LogP contribution in [-0.2, 0) is 29.4 Å². The molecule has 3 rings (SSSR count). The fourth-order valence-electron chi connectivity index (χ4n) is 3.06. The smallest absolute Gasteiger partial charge is 0.114 e. The maximum atomic E-state index is 12.2. The van der Waals surface area contributed by atoms with Gasteiger partial charge in [-0.1, -0.05) is 30.3 Å². The van der Waals surface area contributed by atoms with Gasteiger partial charge < -0.3 is 5.11 Å². The molecular weight excluding hydrogens is 364 g/mol. The summed E-state index contributed by atoms with van der Waals surface area (Å²) >= 11 is 1.38. The molecule has 0 amide bonds. The summed E-state index contributed by atoms with van der Waals surface area (Å²) in [6.07, 6.45) is 3.55. The van der Waals surface area contributed by atoms with Gasteiger partial charge in [-0.25, -0.2) is 4.98 Å². The van der Waals surface area contributed by atoms with Gasteiger partial charge in [0, 0.05) is 28.0 Å². The lowest BCUT2D eigenvalue weighted by atomic mass is 9.95. The Morgan fingerprint density at radius 3 is 2.81 bits per heavy atom. The minimum atomic E-state index is -1.12. The van der Waals surface area contributed by atoms with Crippen molar-refractivity contribution in [1.82, 2.24) is 4.98 Å². The van der Waals surface area contributed by atoms with E-state index in [1.165, 1.54) is 17.3 Å². The quantitative estimate of drug-likeness (QED) is 0.740. The fourth-order valence-corrected chi connectivity index (χ4v) is 5.34. The minimum absolute atomic E-state index is 0.231. The van der Waals surface area contributed by atoms with Crippen molar-refractivity contribution in [1.29, 1.82) is 5.26 Å². The van der Waals surface area contributed by atoms with E-state index < -0.39 is 16.9 Å². The molecule has 0 saturated carbocycles. The molecule has 26 heavy (non-hydrogen) atoms. The van der Waals surface area contributed by atoms with Gasteiger partial charge in [0.05, 0.1) is 17.4 Å². The molecule has 2 aromatic rings. The molecule has 0 saturated heterocycles. The third-order valence-corrected chi connectivity index (χ3v) is 6.90.